The molecular formula is C26H26N4O4S. The lowest BCUT2D eigenvalue weighted by Gasteiger charge is -2.36. The monoisotopic (exact) mass is 490 g/mol. The Morgan fingerprint density at radius 1 is 1.14 bits per heavy atom. The van der Waals surface area contributed by atoms with Crippen molar-refractivity contribution in [3.63, 3.8) is 0 Å². The van der Waals surface area contributed by atoms with Gasteiger partial charge in [-0.1, -0.05) is 59.3 Å². The smallest absolute Gasteiger partial charge is 0.338 e. The Kier molecular flexibility index (Phi) is 6.34. The third-order valence-electron chi connectivity index (χ3n) is 6.03. The van der Waals surface area contributed by atoms with E-state index in [1.54, 1.807) is 4.90 Å². The van der Waals surface area contributed by atoms with Crippen molar-refractivity contribution in [3.8, 4) is 11.5 Å². The third-order valence-corrected chi connectivity index (χ3v) is 6.86. The maximum absolute atomic E-state index is 13.2. The van der Waals surface area contributed by atoms with Gasteiger partial charge in [0.05, 0.1) is 18.7 Å². The molecule has 3 aromatic rings. The predicted octanol–water partition coefficient (Wildman–Crippen LogP) is 4.80. The molecule has 1 fully saturated rings. The van der Waals surface area contributed by atoms with Gasteiger partial charge in [-0.2, -0.15) is 0 Å². The highest BCUT2D eigenvalue weighted by molar-refractivity contribution is 7.99. The van der Waals surface area contributed by atoms with Crippen LogP contribution in [0.2, 0.25) is 0 Å². The normalized spacial score (nSPS) is 18.0. The van der Waals surface area contributed by atoms with E-state index >= 15 is 0 Å². The molecule has 0 bridgehead atoms. The number of carbonyl (C=O) groups excluding carboxylic acids is 2. The molecule has 9 heteroatoms. The van der Waals surface area contributed by atoms with E-state index in [-0.39, 0.29) is 12.1 Å². The summed E-state index contributed by atoms with van der Waals surface area (Å²) in [5, 5.41) is 11.8. The SMILES string of the molecule is COC(=O)C1=C(CSc2nnc(-c3cc(C)cc(C)c3)o2)N(C2CC2)C(=O)NC1c1ccccc1. The molecular weight excluding hydrogens is 464 g/mol. The number of aryl methyl sites for hydroxylation is 2. The number of carbonyl (C=O) groups is 2. The summed E-state index contributed by atoms with van der Waals surface area (Å²) >= 11 is 1.30. The first kappa shape index (κ1) is 23.2. The first-order chi connectivity index (χ1) is 16.9. The van der Waals surface area contributed by atoms with Crippen molar-refractivity contribution in [2.45, 2.75) is 44.0 Å². The van der Waals surface area contributed by atoms with Crippen LogP contribution in [0.5, 0.6) is 0 Å². The molecule has 0 spiro atoms. The average Bonchev–Trinajstić information content (AvgIpc) is 3.57. The Morgan fingerprint density at radius 2 is 1.86 bits per heavy atom. The van der Waals surface area contributed by atoms with Crippen LogP contribution in [0.15, 0.2) is 69.4 Å². The lowest BCUT2D eigenvalue weighted by molar-refractivity contribution is -0.136. The van der Waals surface area contributed by atoms with E-state index in [4.69, 9.17) is 9.15 Å². The Hall–Kier alpha value is -3.59. The van der Waals surface area contributed by atoms with E-state index in [2.05, 4.69) is 21.6 Å². The van der Waals surface area contributed by atoms with Gasteiger partial charge in [0.2, 0.25) is 5.89 Å². The van der Waals surface area contributed by atoms with Gasteiger partial charge < -0.3 is 14.5 Å². The molecule has 2 heterocycles. The van der Waals surface area contributed by atoms with E-state index < -0.39 is 12.0 Å². The summed E-state index contributed by atoms with van der Waals surface area (Å²) in [4.78, 5) is 27.9. The fourth-order valence-electron chi connectivity index (χ4n) is 4.40. The number of methoxy groups -OCH3 is 1. The van der Waals surface area contributed by atoms with Gasteiger partial charge >= 0.3 is 12.0 Å². The Bertz CT molecular complexity index is 1280. The summed E-state index contributed by atoms with van der Waals surface area (Å²) in [6, 6.07) is 14.8. The molecule has 0 radical (unpaired) electrons. The molecule has 1 saturated carbocycles. The number of rotatable bonds is 7. The van der Waals surface area contributed by atoms with Crippen LogP contribution in [-0.2, 0) is 9.53 Å². The lowest BCUT2D eigenvalue weighted by Crippen LogP contribution is -2.50. The first-order valence-corrected chi connectivity index (χ1v) is 12.4. The molecule has 2 aromatic carbocycles. The van der Waals surface area contributed by atoms with Crippen LogP contribution in [0.3, 0.4) is 0 Å². The fraction of sp³-hybridized carbons (Fsp3) is 0.308. The lowest BCUT2D eigenvalue weighted by atomic mass is 9.95. The predicted molar refractivity (Wildman–Crippen MR) is 132 cm³/mol. The van der Waals surface area contributed by atoms with Crippen LogP contribution < -0.4 is 5.32 Å². The maximum Gasteiger partial charge on any atom is 0.338 e. The van der Waals surface area contributed by atoms with E-state index in [0.29, 0.717) is 28.1 Å². The Labute approximate surface area is 207 Å². The van der Waals surface area contributed by atoms with Gasteiger partial charge in [0.25, 0.3) is 5.22 Å². The van der Waals surface area contributed by atoms with Crippen LogP contribution in [0.25, 0.3) is 11.5 Å². The number of hydrogen-bond acceptors (Lipinski definition) is 7. The van der Waals surface area contributed by atoms with E-state index in [1.165, 1.54) is 18.9 Å². The summed E-state index contributed by atoms with van der Waals surface area (Å²) in [6.45, 7) is 4.04. The zero-order chi connectivity index (χ0) is 24.5. The second kappa shape index (κ2) is 9.58. The zero-order valence-electron chi connectivity index (χ0n) is 19.8. The van der Waals surface area contributed by atoms with Crippen molar-refractivity contribution in [1.82, 2.24) is 20.4 Å². The minimum Gasteiger partial charge on any atom is -0.466 e. The molecule has 2 aliphatic rings. The van der Waals surface area contributed by atoms with Crippen LogP contribution in [-0.4, -0.2) is 46.0 Å². The molecule has 0 saturated heterocycles. The second-order valence-electron chi connectivity index (χ2n) is 8.78. The first-order valence-electron chi connectivity index (χ1n) is 11.5. The van der Waals surface area contributed by atoms with Crippen molar-refractivity contribution >= 4 is 23.8 Å². The van der Waals surface area contributed by atoms with Crippen LogP contribution >= 0.6 is 11.8 Å². The number of nitrogens with one attached hydrogen (secondary N) is 1. The second-order valence-corrected chi connectivity index (χ2v) is 9.71. The zero-order valence-corrected chi connectivity index (χ0v) is 20.6. The number of aromatic nitrogens is 2. The summed E-state index contributed by atoms with van der Waals surface area (Å²) in [6.07, 6.45) is 1.78. The number of benzene rings is 2. The van der Waals surface area contributed by atoms with E-state index in [1.807, 2.05) is 56.3 Å². The van der Waals surface area contributed by atoms with Gasteiger partial charge in [0, 0.05) is 23.1 Å². The van der Waals surface area contributed by atoms with E-state index in [0.717, 1.165) is 35.1 Å². The molecule has 35 heavy (non-hydrogen) atoms. The number of nitrogens with zero attached hydrogens (tertiary/aromatic N) is 3. The van der Waals surface area contributed by atoms with Crippen molar-refractivity contribution in [1.29, 1.82) is 0 Å². The largest absolute Gasteiger partial charge is 0.466 e. The molecule has 1 aliphatic carbocycles. The minimum atomic E-state index is -0.602. The molecule has 1 aromatic heterocycles. The van der Waals surface area contributed by atoms with Crippen LogP contribution in [0.1, 0.15) is 35.6 Å². The van der Waals surface area contributed by atoms with Crippen molar-refractivity contribution in [2.75, 3.05) is 12.9 Å². The van der Waals surface area contributed by atoms with Crippen molar-refractivity contribution in [2.24, 2.45) is 0 Å². The standard InChI is InChI=1S/C26H26N4O4S/c1-15-11-16(2)13-18(12-15)23-28-29-26(34-23)35-14-20-21(24(31)33-3)22(17-7-5-4-6-8-17)27-25(32)30(20)19-9-10-19/h4-8,11-13,19,22H,9-10,14H2,1-3H3,(H,27,32). The van der Waals surface area contributed by atoms with Gasteiger partial charge in [-0.25, -0.2) is 9.59 Å². The molecule has 180 valence electrons. The number of hydrogen-bond donors (Lipinski definition) is 1. The topological polar surface area (TPSA) is 97.6 Å². The number of ether oxygens (including phenoxy) is 1. The quantitative estimate of drug-likeness (QED) is 0.375. The molecule has 1 N–H and O–H groups in total. The molecule has 1 unspecified atom stereocenters. The van der Waals surface area contributed by atoms with Gasteiger partial charge in [-0.15, -0.1) is 10.2 Å². The molecule has 2 amide bonds. The molecule has 5 rings (SSSR count). The summed E-state index contributed by atoms with van der Waals surface area (Å²) in [7, 11) is 1.36. The Morgan fingerprint density at radius 3 is 2.51 bits per heavy atom. The fourth-order valence-corrected chi connectivity index (χ4v) is 5.20. The van der Waals surface area contributed by atoms with Crippen LogP contribution in [0, 0.1) is 13.8 Å². The number of urea groups is 1. The number of amides is 2. The number of esters is 1. The summed E-state index contributed by atoms with van der Waals surface area (Å²) < 4.78 is 11.1. The highest BCUT2D eigenvalue weighted by atomic mass is 32.2. The third kappa shape index (κ3) is 4.81. The Balaban J connectivity index is 1.48. The van der Waals surface area contributed by atoms with Gasteiger partial charge in [-0.05, 0) is 44.4 Å². The highest BCUT2D eigenvalue weighted by Crippen LogP contribution is 2.40. The van der Waals surface area contributed by atoms with Crippen molar-refractivity contribution < 1.29 is 18.7 Å². The number of thioether (sulfide) groups is 1. The van der Waals surface area contributed by atoms with Crippen molar-refractivity contribution in [3.05, 3.63) is 76.5 Å². The van der Waals surface area contributed by atoms with Gasteiger partial charge in [-0.3, -0.25) is 4.90 Å². The van der Waals surface area contributed by atoms with E-state index in [9.17, 15) is 9.59 Å². The molecule has 8 nitrogen and oxygen atoms in total. The average molecular weight is 491 g/mol. The molecule has 1 aliphatic heterocycles. The van der Waals surface area contributed by atoms with Gasteiger partial charge in [0.1, 0.15) is 0 Å². The van der Waals surface area contributed by atoms with Gasteiger partial charge in [0.15, 0.2) is 0 Å². The maximum atomic E-state index is 13.2. The molecule has 1 atom stereocenters. The highest BCUT2D eigenvalue weighted by Gasteiger charge is 2.44. The van der Waals surface area contributed by atoms with Crippen LogP contribution in [0.4, 0.5) is 4.79 Å². The minimum absolute atomic E-state index is 0.0653. The summed E-state index contributed by atoms with van der Waals surface area (Å²) in [5.74, 6) is 0.275. The summed E-state index contributed by atoms with van der Waals surface area (Å²) in [5.41, 5.74) is 4.94.